The van der Waals surface area contributed by atoms with Gasteiger partial charge < -0.3 is 10.1 Å². The third kappa shape index (κ3) is 4.39. The maximum Gasteiger partial charge on any atom is 0.225 e. The number of nitrogens with one attached hydrogen (secondary N) is 1. The monoisotopic (exact) mass is 407 g/mol. The van der Waals surface area contributed by atoms with Gasteiger partial charge in [0.2, 0.25) is 5.88 Å². The van der Waals surface area contributed by atoms with Gasteiger partial charge >= 0.3 is 0 Å². The first-order valence-corrected chi connectivity index (χ1v) is 8.80. The molecule has 1 aromatic heterocycles. The Morgan fingerprint density at radius 3 is 2.67 bits per heavy atom. The Bertz CT molecular complexity index is 658. The fourth-order valence-electron chi connectivity index (χ4n) is 1.51. The van der Waals surface area contributed by atoms with E-state index in [4.69, 9.17) is 27.9 Å². The SMILES string of the molecule is CCNc1cc(Oc2cc(Cl)c(Br)cc2Cl)nc(SC)n1. The number of halogens is 3. The van der Waals surface area contributed by atoms with Crippen LogP contribution in [0.4, 0.5) is 5.82 Å². The largest absolute Gasteiger partial charge is 0.437 e. The third-order valence-electron chi connectivity index (χ3n) is 2.41. The number of rotatable bonds is 5. The summed E-state index contributed by atoms with van der Waals surface area (Å²) in [4.78, 5) is 8.63. The highest BCUT2D eigenvalue weighted by Gasteiger charge is 2.11. The van der Waals surface area contributed by atoms with E-state index < -0.39 is 0 Å². The number of anilines is 1. The van der Waals surface area contributed by atoms with Crippen molar-refractivity contribution in [3.8, 4) is 11.6 Å². The average Bonchev–Trinajstić information content (AvgIpc) is 2.45. The highest BCUT2D eigenvalue weighted by atomic mass is 79.9. The van der Waals surface area contributed by atoms with Gasteiger partial charge in [0.05, 0.1) is 10.0 Å². The zero-order valence-electron chi connectivity index (χ0n) is 11.3. The zero-order valence-corrected chi connectivity index (χ0v) is 15.2. The molecule has 0 aliphatic heterocycles. The number of ether oxygens (including phenoxy) is 1. The summed E-state index contributed by atoms with van der Waals surface area (Å²) in [5.74, 6) is 1.55. The van der Waals surface area contributed by atoms with Crippen LogP contribution in [-0.2, 0) is 0 Å². The van der Waals surface area contributed by atoms with E-state index in [0.29, 0.717) is 37.1 Å². The third-order valence-corrected chi connectivity index (χ3v) is 4.45. The average molecular weight is 409 g/mol. The lowest BCUT2D eigenvalue weighted by Gasteiger charge is -2.10. The molecule has 0 saturated carbocycles. The first-order valence-electron chi connectivity index (χ1n) is 6.02. The van der Waals surface area contributed by atoms with Crippen LogP contribution in [0.2, 0.25) is 10.0 Å². The van der Waals surface area contributed by atoms with Crippen LogP contribution in [0.15, 0.2) is 27.8 Å². The molecule has 0 atom stereocenters. The molecular formula is C13H12BrCl2N3OS. The molecule has 0 bridgehead atoms. The van der Waals surface area contributed by atoms with Gasteiger partial charge in [-0.15, -0.1) is 0 Å². The van der Waals surface area contributed by atoms with Crippen molar-refractivity contribution in [2.45, 2.75) is 12.1 Å². The lowest BCUT2D eigenvalue weighted by Crippen LogP contribution is -2.02. The van der Waals surface area contributed by atoms with Crippen molar-refractivity contribution in [3.63, 3.8) is 0 Å². The fourth-order valence-corrected chi connectivity index (χ4v) is 2.72. The molecule has 2 aromatic rings. The summed E-state index contributed by atoms with van der Waals surface area (Å²) in [6.45, 7) is 2.75. The first kappa shape index (κ1) is 16.7. The molecule has 0 aliphatic rings. The summed E-state index contributed by atoms with van der Waals surface area (Å²) in [6, 6.07) is 5.04. The Kier molecular flexibility index (Phi) is 5.98. The zero-order chi connectivity index (χ0) is 15.4. The van der Waals surface area contributed by atoms with Crippen LogP contribution in [-0.4, -0.2) is 22.8 Å². The lowest BCUT2D eigenvalue weighted by atomic mass is 10.3. The van der Waals surface area contributed by atoms with Crippen molar-refractivity contribution in [2.75, 3.05) is 18.1 Å². The summed E-state index contributed by atoms with van der Waals surface area (Å²) in [6.07, 6.45) is 1.90. The number of benzene rings is 1. The summed E-state index contributed by atoms with van der Waals surface area (Å²) in [5.41, 5.74) is 0. The van der Waals surface area contributed by atoms with Gasteiger partial charge in [0, 0.05) is 23.2 Å². The molecule has 8 heteroatoms. The van der Waals surface area contributed by atoms with Crippen LogP contribution in [0, 0.1) is 0 Å². The standard InChI is InChI=1S/C13H12BrCl2N3OS/c1-3-17-11-6-12(19-13(18-11)21-2)20-10-5-8(15)7(14)4-9(10)16/h4-6H,3H2,1-2H3,(H,17,18,19). The van der Waals surface area contributed by atoms with Crippen LogP contribution in [0.1, 0.15) is 6.92 Å². The molecule has 1 heterocycles. The second-order valence-corrected chi connectivity index (χ2v) is 6.35. The fraction of sp³-hybridized carbons (Fsp3) is 0.231. The smallest absolute Gasteiger partial charge is 0.225 e. The first-order chi connectivity index (χ1) is 10.0. The van der Waals surface area contributed by atoms with E-state index in [-0.39, 0.29) is 0 Å². The van der Waals surface area contributed by atoms with Gasteiger partial charge in [-0.3, -0.25) is 0 Å². The summed E-state index contributed by atoms with van der Waals surface area (Å²) >= 11 is 16.9. The van der Waals surface area contributed by atoms with Crippen LogP contribution < -0.4 is 10.1 Å². The van der Waals surface area contributed by atoms with Crippen molar-refractivity contribution < 1.29 is 4.74 Å². The normalized spacial score (nSPS) is 10.5. The number of hydrogen-bond donors (Lipinski definition) is 1. The molecule has 0 aliphatic carbocycles. The maximum atomic E-state index is 6.15. The van der Waals surface area contributed by atoms with Crippen molar-refractivity contribution in [1.82, 2.24) is 9.97 Å². The van der Waals surface area contributed by atoms with E-state index in [2.05, 4.69) is 31.2 Å². The van der Waals surface area contributed by atoms with E-state index in [1.807, 2.05) is 13.2 Å². The van der Waals surface area contributed by atoms with Gasteiger partial charge in [-0.1, -0.05) is 35.0 Å². The van der Waals surface area contributed by atoms with Crippen LogP contribution in [0.5, 0.6) is 11.6 Å². The minimum absolute atomic E-state index is 0.408. The Morgan fingerprint density at radius 1 is 1.24 bits per heavy atom. The molecule has 0 amide bonds. The van der Waals surface area contributed by atoms with Crippen LogP contribution in [0.25, 0.3) is 0 Å². The van der Waals surface area contributed by atoms with Gasteiger partial charge in [0.1, 0.15) is 11.6 Å². The predicted molar refractivity (Wildman–Crippen MR) is 92.2 cm³/mol. The molecule has 1 aromatic carbocycles. The van der Waals surface area contributed by atoms with E-state index in [9.17, 15) is 0 Å². The van der Waals surface area contributed by atoms with Gasteiger partial charge in [-0.25, -0.2) is 4.98 Å². The summed E-state index contributed by atoms with van der Waals surface area (Å²) in [7, 11) is 0. The highest BCUT2D eigenvalue weighted by Crippen LogP contribution is 2.36. The van der Waals surface area contributed by atoms with Gasteiger partial charge in [0.15, 0.2) is 5.16 Å². The molecule has 0 radical (unpaired) electrons. The van der Waals surface area contributed by atoms with Gasteiger partial charge in [0.25, 0.3) is 0 Å². The predicted octanol–water partition coefficient (Wildman–Crippen LogP) is 5.49. The molecule has 0 fully saturated rings. The molecule has 112 valence electrons. The minimum Gasteiger partial charge on any atom is -0.437 e. The lowest BCUT2D eigenvalue weighted by molar-refractivity contribution is 0.456. The van der Waals surface area contributed by atoms with E-state index in [1.165, 1.54) is 11.8 Å². The van der Waals surface area contributed by atoms with E-state index in [0.717, 1.165) is 6.54 Å². The van der Waals surface area contributed by atoms with Crippen LogP contribution >= 0.6 is 50.9 Å². The minimum atomic E-state index is 0.408. The molecule has 21 heavy (non-hydrogen) atoms. The Morgan fingerprint density at radius 2 is 2.00 bits per heavy atom. The maximum absolute atomic E-state index is 6.15. The molecule has 0 spiro atoms. The Hall–Kier alpha value is -0.690. The molecule has 1 N–H and O–H groups in total. The summed E-state index contributed by atoms with van der Waals surface area (Å²) < 4.78 is 6.44. The highest BCUT2D eigenvalue weighted by molar-refractivity contribution is 9.10. The van der Waals surface area contributed by atoms with E-state index >= 15 is 0 Å². The number of nitrogens with zero attached hydrogens (tertiary/aromatic N) is 2. The second-order valence-electron chi connectivity index (χ2n) is 3.91. The quantitative estimate of drug-likeness (QED) is 0.402. The molecule has 0 saturated heterocycles. The van der Waals surface area contributed by atoms with Crippen molar-refractivity contribution in [2.24, 2.45) is 0 Å². The van der Waals surface area contributed by atoms with Crippen molar-refractivity contribution in [1.29, 1.82) is 0 Å². The Balaban J connectivity index is 2.34. The van der Waals surface area contributed by atoms with E-state index in [1.54, 1.807) is 18.2 Å². The molecule has 4 nitrogen and oxygen atoms in total. The van der Waals surface area contributed by atoms with Gasteiger partial charge in [-0.05, 0) is 35.2 Å². The van der Waals surface area contributed by atoms with Crippen molar-refractivity contribution in [3.05, 3.63) is 32.7 Å². The number of thioether (sulfide) groups is 1. The number of hydrogen-bond acceptors (Lipinski definition) is 5. The molecule has 2 rings (SSSR count). The number of aromatic nitrogens is 2. The van der Waals surface area contributed by atoms with Crippen molar-refractivity contribution >= 4 is 56.7 Å². The van der Waals surface area contributed by atoms with Crippen LogP contribution in [0.3, 0.4) is 0 Å². The van der Waals surface area contributed by atoms with Gasteiger partial charge in [-0.2, -0.15) is 4.98 Å². The topological polar surface area (TPSA) is 47.0 Å². The second kappa shape index (κ2) is 7.54. The molecular weight excluding hydrogens is 397 g/mol. The Labute approximate surface area is 145 Å². The summed E-state index contributed by atoms with van der Waals surface area (Å²) in [5, 5.41) is 4.71. The molecule has 0 unspecified atom stereocenters.